The molecule has 0 unspecified atom stereocenters. The SMILES string of the molecule is O=C1C(c2ccccc2)=C(c2cccc(C#Cc3ccccc3)c2)C(c2cccc(C3=C(c4ccccc4)C(=O)C(c4ccccc4)=C3c3cccc(C#Cc4ccccc4)c3)c2)=C1c1ccccc1. The number of hydrogen-bond donors (Lipinski definition) is 0. The summed E-state index contributed by atoms with van der Waals surface area (Å²) in [6, 6.07) is 84.4. The average Bonchev–Trinajstić information content (AvgIpc) is 3.92. The minimum absolute atomic E-state index is 0.0609. The molecule has 0 atom stereocenters. The molecular weight excluding hydrogens is 849 g/mol. The maximum absolute atomic E-state index is 15.5. The number of ketones is 2. The Bertz CT molecular complexity index is 3490. The van der Waals surface area contributed by atoms with Crippen molar-refractivity contribution in [2.75, 3.05) is 0 Å². The summed E-state index contributed by atoms with van der Waals surface area (Å²) >= 11 is 0. The molecular formula is C68H42O2. The van der Waals surface area contributed by atoms with Crippen molar-refractivity contribution < 1.29 is 9.59 Å². The molecule has 70 heavy (non-hydrogen) atoms. The molecule has 0 N–H and O–H groups in total. The average molecular weight is 891 g/mol. The van der Waals surface area contributed by atoms with Gasteiger partial charge in [0.1, 0.15) is 0 Å². The molecule has 2 nitrogen and oxygen atoms in total. The Labute approximate surface area is 409 Å². The van der Waals surface area contributed by atoms with E-state index in [9.17, 15) is 0 Å². The minimum Gasteiger partial charge on any atom is -0.289 e. The van der Waals surface area contributed by atoms with E-state index in [0.717, 1.165) is 89.1 Å². The van der Waals surface area contributed by atoms with Crippen molar-refractivity contribution in [2.24, 2.45) is 0 Å². The number of allylic oxidation sites excluding steroid dienone is 8. The van der Waals surface area contributed by atoms with Crippen molar-refractivity contribution >= 4 is 56.2 Å². The third-order valence-electron chi connectivity index (χ3n) is 12.7. The standard InChI is InChI=1S/C68H42O2/c69-67-63(51-28-11-3-12-29-51)59(55-36-19-26-49(44-55)42-40-47-22-7-1-8-23-47)61(65(67)53-32-15-5-16-33-53)57-38-21-39-58(46-57)62-60(56-37-20-27-50(45-56)43-41-48-24-9-2-10-25-48)64(52-30-13-4-14-31-52)68(70)66(62)54-34-17-6-18-35-54/h1-39,44-46H. The van der Waals surface area contributed by atoms with Crippen LogP contribution in [0.1, 0.15) is 66.8 Å². The van der Waals surface area contributed by atoms with Gasteiger partial charge in [0.2, 0.25) is 0 Å². The van der Waals surface area contributed by atoms with Gasteiger partial charge in [-0.1, -0.05) is 224 Å². The first-order chi connectivity index (χ1) is 34.6. The predicted molar refractivity (Wildman–Crippen MR) is 287 cm³/mol. The second-order valence-corrected chi connectivity index (χ2v) is 17.1. The lowest BCUT2D eigenvalue weighted by Gasteiger charge is -2.18. The topological polar surface area (TPSA) is 34.1 Å². The van der Waals surface area contributed by atoms with Gasteiger partial charge in [-0.2, -0.15) is 0 Å². The van der Waals surface area contributed by atoms with Crippen LogP contribution in [-0.2, 0) is 9.59 Å². The van der Waals surface area contributed by atoms with Crippen molar-refractivity contribution in [2.45, 2.75) is 0 Å². The highest BCUT2D eigenvalue weighted by atomic mass is 16.1. The highest BCUT2D eigenvalue weighted by Gasteiger charge is 2.38. The summed E-state index contributed by atoms with van der Waals surface area (Å²) in [5.74, 6) is 13.3. The second-order valence-electron chi connectivity index (χ2n) is 17.1. The van der Waals surface area contributed by atoms with E-state index in [1.54, 1.807) is 0 Å². The van der Waals surface area contributed by atoms with Crippen LogP contribution in [0.4, 0.5) is 0 Å². The molecule has 2 heteroatoms. The van der Waals surface area contributed by atoms with Gasteiger partial charge in [-0.3, -0.25) is 9.59 Å². The molecule has 0 saturated heterocycles. The zero-order chi connectivity index (χ0) is 47.2. The van der Waals surface area contributed by atoms with E-state index in [2.05, 4.69) is 66.1 Å². The summed E-state index contributed by atoms with van der Waals surface area (Å²) in [6.07, 6.45) is 0. The van der Waals surface area contributed by atoms with Crippen LogP contribution in [0.5, 0.6) is 0 Å². The van der Waals surface area contributed by atoms with Crippen molar-refractivity contribution in [3.63, 3.8) is 0 Å². The Morgan fingerprint density at radius 2 is 0.400 bits per heavy atom. The highest BCUT2D eigenvalue weighted by Crippen LogP contribution is 2.53. The number of rotatable bonds is 8. The summed E-state index contributed by atoms with van der Waals surface area (Å²) in [7, 11) is 0. The van der Waals surface area contributed by atoms with E-state index >= 15 is 9.59 Å². The molecule has 0 saturated carbocycles. The Morgan fingerprint density at radius 3 is 0.700 bits per heavy atom. The first-order valence-electron chi connectivity index (χ1n) is 23.3. The summed E-state index contributed by atoms with van der Waals surface area (Å²) in [4.78, 5) is 31.0. The number of benzene rings is 9. The third-order valence-corrected chi connectivity index (χ3v) is 12.7. The molecule has 0 spiro atoms. The van der Waals surface area contributed by atoms with Crippen LogP contribution in [0, 0.1) is 23.7 Å². The summed E-state index contributed by atoms with van der Waals surface area (Å²) in [6.45, 7) is 0. The Balaban J connectivity index is 1.16. The number of Topliss-reactive ketones (excluding diaryl/α,β-unsaturated/α-hetero) is 2. The molecule has 2 aliphatic rings. The Morgan fingerprint density at radius 1 is 0.186 bits per heavy atom. The van der Waals surface area contributed by atoms with Gasteiger partial charge in [0, 0.05) is 66.8 Å². The zero-order valence-electron chi connectivity index (χ0n) is 38.1. The summed E-state index contributed by atoms with van der Waals surface area (Å²) < 4.78 is 0. The fraction of sp³-hybridized carbons (Fsp3) is 0. The Kier molecular flexibility index (Phi) is 11.9. The zero-order valence-corrected chi connectivity index (χ0v) is 38.1. The lowest BCUT2D eigenvalue weighted by atomic mass is 9.85. The van der Waals surface area contributed by atoms with E-state index in [-0.39, 0.29) is 11.6 Å². The fourth-order valence-electron chi connectivity index (χ4n) is 9.55. The lowest BCUT2D eigenvalue weighted by Crippen LogP contribution is -2.02. The van der Waals surface area contributed by atoms with Crippen molar-refractivity contribution in [3.8, 4) is 23.7 Å². The predicted octanol–water partition coefficient (Wildman–Crippen LogP) is 14.7. The van der Waals surface area contributed by atoms with Gasteiger partial charge in [0.15, 0.2) is 11.6 Å². The molecule has 2 aliphatic carbocycles. The Hall–Kier alpha value is -9.60. The first kappa shape index (κ1) is 43.0. The van der Waals surface area contributed by atoms with Gasteiger partial charge in [0.25, 0.3) is 0 Å². The van der Waals surface area contributed by atoms with Gasteiger partial charge in [-0.05, 0) is 99.1 Å². The van der Waals surface area contributed by atoms with Gasteiger partial charge >= 0.3 is 0 Å². The molecule has 0 aliphatic heterocycles. The van der Waals surface area contributed by atoms with Crippen molar-refractivity contribution in [3.05, 3.63) is 322 Å². The normalized spacial score (nSPS) is 13.3. The molecule has 0 aromatic heterocycles. The molecule has 9 aromatic carbocycles. The molecule has 0 fully saturated rings. The quantitative estimate of drug-likeness (QED) is 0.142. The van der Waals surface area contributed by atoms with Gasteiger partial charge in [-0.25, -0.2) is 0 Å². The van der Waals surface area contributed by atoms with E-state index in [1.807, 2.05) is 212 Å². The number of carbonyl (C=O) groups is 2. The largest absolute Gasteiger partial charge is 0.289 e. The van der Waals surface area contributed by atoms with Crippen LogP contribution in [0.2, 0.25) is 0 Å². The monoisotopic (exact) mass is 890 g/mol. The van der Waals surface area contributed by atoms with Crippen molar-refractivity contribution in [1.29, 1.82) is 0 Å². The number of hydrogen-bond acceptors (Lipinski definition) is 2. The van der Waals surface area contributed by atoms with Crippen LogP contribution >= 0.6 is 0 Å². The maximum Gasteiger partial charge on any atom is 0.195 e. The molecule has 9 aromatic rings. The smallest absolute Gasteiger partial charge is 0.195 e. The molecule has 0 heterocycles. The van der Waals surface area contributed by atoms with Crippen LogP contribution in [0.25, 0.3) is 44.6 Å². The third kappa shape index (κ3) is 8.51. The minimum atomic E-state index is -0.0609. The van der Waals surface area contributed by atoms with E-state index in [4.69, 9.17) is 0 Å². The van der Waals surface area contributed by atoms with Crippen LogP contribution in [0.3, 0.4) is 0 Å². The number of carbonyl (C=O) groups excluding carboxylic acids is 2. The molecule has 0 amide bonds. The van der Waals surface area contributed by atoms with Gasteiger partial charge in [-0.15, -0.1) is 0 Å². The molecule has 0 radical (unpaired) electrons. The maximum atomic E-state index is 15.5. The van der Waals surface area contributed by atoms with E-state index in [0.29, 0.717) is 22.3 Å². The van der Waals surface area contributed by atoms with Gasteiger partial charge < -0.3 is 0 Å². The molecule has 0 bridgehead atoms. The van der Waals surface area contributed by atoms with E-state index < -0.39 is 0 Å². The molecule has 326 valence electrons. The van der Waals surface area contributed by atoms with Gasteiger partial charge in [0.05, 0.1) is 0 Å². The van der Waals surface area contributed by atoms with E-state index in [1.165, 1.54) is 0 Å². The van der Waals surface area contributed by atoms with Crippen molar-refractivity contribution in [1.82, 2.24) is 0 Å². The fourth-order valence-corrected chi connectivity index (χ4v) is 9.55. The molecule has 11 rings (SSSR count). The summed E-state index contributed by atoms with van der Waals surface area (Å²) in [5.41, 5.74) is 15.9. The highest BCUT2D eigenvalue weighted by molar-refractivity contribution is 6.60. The lowest BCUT2D eigenvalue weighted by molar-refractivity contribution is -0.109. The summed E-state index contributed by atoms with van der Waals surface area (Å²) in [5, 5.41) is 0. The second kappa shape index (κ2) is 19.3. The first-order valence-corrected chi connectivity index (χ1v) is 23.3. The van der Waals surface area contributed by atoms with Crippen LogP contribution < -0.4 is 0 Å². The van der Waals surface area contributed by atoms with Crippen LogP contribution in [-0.4, -0.2) is 11.6 Å². The van der Waals surface area contributed by atoms with Crippen LogP contribution in [0.15, 0.2) is 255 Å².